The Kier molecular flexibility index (Phi) is 4.02. The molecule has 0 bridgehead atoms. The normalized spacial score (nSPS) is 27.2. The molecule has 1 aliphatic carbocycles. The Bertz CT molecular complexity index is 460. The summed E-state index contributed by atoms with van der Waals surface area (Å²) in [7, 11) is 0. The van der Waals surface area contributed by atoms with E-state index in [1.165, 1.54) is 36.8 Å². The van der Waals surface area contributed by atoms with Gasteiger partial charge < -0.3 is 10.5 Å². The minimum absolute atomic E-state index is 0.149. The summed E-state index contributed by atoms with van der Waals surface area (Å²) in [5.41, 5.74) is 9.17. The zero-order chi connectivity index (χ0) is 14.1. The van der Waals surface area contributed by atoms with Gasteiger partial charge in [0.15, 0.2) is 0 Å². The van der Waals surface area contributed by atoms with Gasteiger partial charge in [-0.3, -0.25) is 0 Å². The predicted molar refractivity (Wildman–Crippen MR) is 82.9 cm³/mol. The molecule has 2 aliphatic rings. The highest BCUT2D eigenvalue weighted by Gasteiger charge is 2.30. The van der Waals surface area contributed by atoms with Crippen LogP contribution in [0.4, 0.5) is 0 Å². The summed E-state index contributed by atoms with van der Waals surface area (Å²) in [6.45, 7) is 5.52. The van der Waals surface area contributed by atoms with Gasteiger partial charge in [-0.1, -0.05) is 32.0 Å². The molecule has 1 atom stereocenters. The lowest BCUT2D eigenvalue weighted by Crippen LogP contribution is -2.27. The number of fused-ring (bicyclic) bond motifs is 1. The Morgan fingerprint density at radius 3 is 2.50 bits per heavy atom. The van der Waals surface area contributed by atoms with Crippen LogP contribution >= 0.6 is 0 Å². The average Bonchev–Trinajstić information content (AvgIpc) is 2.95. The first-order chi connectivity index (χ1) is 9.66. The SMILES string of the molecule is CC(C)C1CCC(C(N)c2cccc3c2OCC3)CC1. The van der Waals surface area contributed by atoms with Gasteiger partial charge in [-0.05, 0) is 49.0 Å². The van der Waals surface area contributed by atoms with Gasteiger partial charge in [0.1, 0.15) is 5.75 Å². The number of benzene rings is 1. The third-order valence-electron chi connectivity index (χ3n) is 5.37. The summed E-state index contributed by atoms with van der Waals surface area (Å²) in [6.07, 6.45) is 6.26. The molecule has 2 nitrogen and oxygen atoms in total. The molecule has 3 rings (SSSR count). The largest absolute Gasteiger partial charge is 0.493 e. The second-order valence-electron chi connectivity index (χ2n) is 6.88. The first-order valence-corrected chi connectivity index (χ1v) is 8.17. The molecule has 1 fully saturated rings. The van der Waals surface area contributed by atoms with E-state index in [0.717, 1.165) is 30.6 Å². The number of ether oxygens (including phenoxy) is 1. The molecule has 0 radical (unpaired) electrons. The standard InChI is InChI=1S/C18H27NO/c1-12(2)13-6-8-14(9-7-13)17(19)16-5-3-4-15-10-11-20-18(15)16/h3-5,12-14,17H,6-11,19H2,1-2H3. The van der Waals surface area contributed by atoms with Crippen LogP contribution in [0.2, 0.25) is 0 Å². The van der Waals surface area contributed by atoms with Crippen molar-refractivity contribution >= 4 is 0 Å². The average molecular weight is 273 g/mol. The van der Waals surface area contributed by atoms with Gasteiger partial charge in [-0.2, -0.15) is 0 Å². The molecule has 1 aromatic carbocycles. The lowest BCUT2D eigenvalue weighted by molar-refractivity contribution is 0.202. The lowest BCUT2D eigenvalue weighted by atomic mass is 9.73. The van der Waals surface area contributed by atoms with E-state index >= 15 is 0 Å². The van der Waals surface area contributed by atoms with Crippen LogP contribution in [0, 0.1) is 17.8 Å². The second-order valence-corrected chi connectivity index (χ2v) is 6.88. The smallest absolute Gasteiger partial charge is 0.127 e. The van der Waals surface area contributed by atoms with Gasteiger partial charge in [-0.15, -0.1) is 0 Å². The summed E-state index contributed by atoms with van der Waals surface area (Å²) in [4.78, 5) is 0. The molecule has 0 spiro atoms. The zero-order valence-corrected chi connectivity index (χ0v) is 12.8. The highest BCUT2D eigenvalue weighted by atomic mass is 16.5. The second kappa shape index (κ2) is 5.77. The van der Waals surface area contributed by atoms with E-state index in [4.69, 9.17) is 10.5 Å². The monoisotopic (exact) mass is 273 g/mol. The zero-order valence-electron chi connectivity index (χ0n) is 12.8. The van der Waals surface area contributed by atoms with Gasteiger partial charge in [0, 0.05) is 18.0 Å². The topological polar surface area (TPSA) is 35.2 Å². The fourth-order valence-electron chi connectivity index (χ4n) is 3.93. The molecule has 1 heterocycles. The van der Waals surface area contributed by atoms with E-state index in [1.807, 2.05) is 0 Å². The van der Waals surface area contributed by atoms with Crippen LogP contribution < -0.4 is 10.5 Å². The minimum Gasteiger partial charge on any atom is -0.493 e. The van der Waals surface area contributed by atoms with E-state index in [2.05, 4.69) is 32.0 Å². The van der Waals surface area contributed by atoms with Crippen molar-refractivity contribution in [1.29, 1.82) is 0 Å². The van der Waals surface area contributed by atoms with Crippen molar-refractivity contribution < 1.29 is 4.74 Å². The van der Waals surface area contributed by atoms with Crippen molar-refractivity contribution in [3.05, 3.63) is 29.3 Å². The van der Waals surface area contributed by atoms with Gasteiger partial charge >= 0.3 is 0 Å². The highest BCUT2D eigenvalue weighted by molar-refractivity contribution is 5.45. The Labute approximate surface area is 122 Å². The first-order valence-electron chi connectivity index (χ1n) is 8.17. The molecule has 1 aromatic rings. The maximum atomic E-state index is 6.58. The molecule has 1 aliphatic heterocycles. The number of hydrogen-bond acceptors (Lipinski definition) is 2. The van der Waals surface area contributed by atoms with Crippen molar-refractivity contribution in [3.63, 3.8) is 0 Å². The molecule has 110 valence electrons. The van der Waals surface area contributed by atoms with E-state index in [-0.39, 0.29) is 6.04 Å². The number of nitrogens with two attached hydrogens (primary N) is 1. The number of rotatable bonds is 3. The molecular weight excluding hydrogens is 246 g/mol. The van der Waals surface area contributed by atoms with E-state index in [1.54, 1.807) is 0 Å². The van der Waals surface area contributed by atoms with Crippen LogP contribution in [-0.4, -0.2) is 6.61 Å². The summed E-state index contributed by atoms with van der Waals surface area (Å²) < 4.78 is 5.82. The molecule has 1 unspecified atom stereocenters. The van der Waals surface area contributed by atoms with Crippen molar-refractivity contribution in [2.75, 3.05) is 6.61 Å². The van der Waals surface area contributed by atoms with Crippen LogP contribution in [0.25, 0.3) is 0 Å². The fourth-order valence-corrected chi connectivity index (χ4v) is 3.93. The lowest BCUT2D eigenvalue weighted by Gasteiger charge is -2.34. The molecular formula is C18H27NO. The number of hydrogen-bond donors (Lipinski definition) is 1. The molecule has 0 saturated heterocycles. The molecule has 0 aromatic heterocycles. The summed E-state index contributed by atoms with van der Waals surface area (Å²) in [6, 6.07) is 6.64. The van der Waals surface area contributed by atoms with Crippen LogP contribution in [0.15, 0.2) is 18.2 Å². The van der Waals surface area contributed by atoms with Gasteiger partial charge in [0.25, 0.3) is 0 Å². The van der Waals surface area contributed by atoms with Crippen LogP contribution in [0.1, 0.15) is 56.7 Å². The van der Waals surface area contributed by atoms with Crippen LogP contribution in [0.3, 0.4) is 0 Å². The molecule has 20 heavy (non-hydrogen) atoms. The van der Waals surface area contributed by atoms with Crippen molar-refractivity contribution in [3.8, 4) is 5.75 Å². The quantitative estimate of drug-likeness (QED) is 0.900. The first kappa shape index (κ1) is 13.9. The van der Waals surface area contributed by atoms with Gasteiger partial charge in [-0.25, -0.2) is 0 Å². The summed E-state index contributed by atoms with van der Waals surface area (Å²) >= 11 is 0. The Morgan fingerprint density at radius 2 is 1.80 bits per heavy atom. The Morgan fingerprint density at radius 1 is 1.10 bits per heavy atom. The molecule has 2 N–H and O–H groups in total. The van der Waals surface area contributed by atoms with Crippen LogP contribution in [-0.2, 0) is 6.42 Å². The van der Waals surface area contributed by atoms with Crippen molar-refractivity contribution in [2.24, 2.45) is 23.5 Å². The van der Waals surface area contributed by atoms with Crippen molar-refractivity contribution in [2.45, 2.75) is 52.0 Å². The maximum Gasteiger partial charge on any atom is 0.127 e. The van der Waals surface area contributed by atoms with Gasteiger partial charge in [0.2, 0.25) is 0 Å². The van der Waals surface area contributed by atoms with E-state index in [9.17, 15) is 0 Å². The van der Waals surface area contributed by atoms with Gasteiger partial charge in [0.05, 0.1) is 6.61 Å². The third kappa shape index (κ3) is 2.58. The Balaban J connectivity index is 1.71. The molecule has 0 amide bonds. The molecule has 2 heteroatoms. The third-order valence-corrected chi connectivity index (χ3v) is 5.37. The Hall–Kier alpha value is -1.02. The van der Waals surface area contributed by atoms with E-state index < -0.39 is 0 Å². The maximum absolute atomic E-state index is 6.58. The summed E-state index contributed by atoms with van der Waals surface area (Å²) in [5.74, 6) is 3.43. The van der Waals surface area contributed by atoms with Crippen molar-refractivity contribution in [1.82, 2.24) is 0 Å². The molecule has 1 saturated carbocycles. The highest BCUT2D eigenvalue weighted by Crippen LogP contribution is 2.42. The summed E-state index contributed by atoms with van der Waals surface area (Å²) in [5, 5.41) is 0. The van der Waals surface area contributed by atoms with E-state index in [0.29, 0.717) is 5.92 Å². The minimum atomic E-state index is 0.149. The van der Waals surface area contributed by atoms with Crippen LogP contribution in [0.5, 0.6) is 5.75 Å². The predicted octanol–water partition coefficient (Wildman–Crippen LogP) is 4.08. The fraction of sp³-hybridized carbons (Fsp3) is 0.667. The number of para-hydroxylation sites is 1.